The summed E-state index contributed by atoms with van der Waals surface area (Å²) in [5.41, 5.74) is 1.14. The molecule has 1 N–H and O–H groups in total. The van der Waals surface area contributed by atoms with Crippen LogP contribution in [0.15, 0.2) is 0 Å². The van der Waals surface area contributed by atoms with Gasteiger partial charge in [-0.3, -0.25) is 9.48 Å². The molecule has 0 aliphatic heterocycles. The summed E-state index contributed by atoms with van der Waals surface area (Å²) < 4.78 is 1.67. The molecular formula is C10H16ClN3O. The van der Waals surface area contributed by atoms with E-state index in [9.17, 15) is 4.79 Å². The first-order chi connectivity index (χ1) is 6.97. The lowest BCUT2D eigenvalue weighted by Crippen LogP contribution is -2.18. The first kappa shape index (κ1) is 12.0. The largest absolute Gasteiger partial charge is 0.355 e. The van der Waals surface area contributed by atoms with Crippen molar-refractivity contribution < 1.29 is 4.79 Å². The Morgan fingerprint density at radius 1 is 1.60 bits per heavy atom. The van der Waals surface area contributed by atoms with E-state index in [0.717, 1.165) is 6.54 Å². The van der Waals surface area contributed by atoms with Gasteiger partial charge in [0.25, 0.3) is 5.91 Å². The molecule has 0 saturated heterocycles. The number of nitrogens with zero attached hydrogens (tertiary/aromatic N) is 2. The normalized spacial score (nSPS) is 10.8. The maximum absolute atomic E-state index is 11.5. The van der Waals surface area contributed by atoms with E-state index in [1.165, 1.54) is 0 Å². The molecule has 84 valence electrons. The van der Waals surface area contributed by atoms with Gasteiger partial charge in [0.1, 0.15) is 5.15 Å². The second-order valence-corrected chi connectivity index (χ2v) is 4.26. The van der Waals surface area contributed by atoms with Crippen molar-refractivity contribution in [1.29, 1.82) is 0 Å². The Balaban J connectivity index is 3.09. The molecule has 5 heteroatoms. The first-order valence-corrected chi connectivity index (χ1v) is 5.30. The Morgan fingerprint density at radius 3 is 2.67 bits per heavy atom. The molecule has 0 aliphatic rings. The molecule has 0 radical (unpaired) electrons. The minimum Gasteiger partial charge on any atom is -0.355 e. The van der Waals surface area contributed by atoms with Crippen LogP contribution in [0.1, 0.15) is 29.9 Å². The molecule has 0 spiro atoms. The molecule has 1 amide bonds. The van der Waals surface area contributed by atoms with E-state index in [1.54, 1.807) is 18.7 Å². The van der Waals surface area contributed by atoms with E-state index in [0.29, 0.717) is 22.3 Å². The molecule has 1 aromatic rings. The Labute approximate surface area is 94.6 Å². The van der Waals surface area contributed by atoms with Crippen molar-refractivity contribution in [1.82, 2.24) is 15.1 Å². The van der Waals surface area contributed by atoms with Gasteiger partial charge in [-0.05, 0) is 12.8 Å². The van der Waals surface area contributed by atoms with Crippen molar-refractivity contribution in [3.05, 3.63) is 16.4 Å². The lowest BCUT2D eigenvalue weighted by Gasteiger charge is -2.05. The van der Waals surface area contributed by atoms with Gasteiger partial charge >= 0.3 is 0 Å². The third kappa shape index (κ3) is 2.50. The SMILES string of the molecule is CNC(=O)c1c(C)nn(CC(C)C)c1Cl. The lowest BCUT2D eigenvalue weighted by molar-refractivity contribution is 0.0962. The molecule has 1 heterocycles. The molecule has 0 aromatic carbocycles. The van der Waals surface area contributed by atoms with Gasteiger partial charge in [0.2, 0.25) is 0 Å². The first-order valence-electron chi connectivity index (χ1n) is 4.92. The summed E-state index contributed by atoms with van der Waals surface area (Å²) in [6, 6.07) is 0. The number of halogens is 1. The smallest absolute Gasteiger partial charge is 0.256 e. The van der Waals surface area contributed by atoms with Crippen LogP contribution in [-0.2, 0) is 6.54 Å². The molecule has 0 bridgehead atoms. The number of hydrogen-bond acceptors (Lipinski definition) is 2. The fraction of sp³-hybridized carbons (Fsp3) is 0.600. The fourth-order valence-corrected chi connectivity index (χ4v) is 1.73. The zero-order valence-electron chi connectivity index (χ0n) is 9.47. The summed E-state index contributed by atoms with van der Waals surface area (Å²) in [5, 5.41) is 7.21. The minimum atomic E-state index is -0.187. The van der Waals surface area contributed by atoms with Gasteiger partial charge in [0, 0.05) is 13.6 Å². The molecule has 0 fully saturated rings. The number of carbonyl (C=O) groups excluding carboxylic acids is 1. The van der Waals surface area contributed by atoms with Crippen molar-refractivity contribution in [3.8, 4) is 0 Å². The zero-order valence-corrected chi connectivity index (χ0v) is 10.2. The second-order valence-electron chi connectivity index (χ2n) is 3.91. The van der Waals surface area contributed by atoms with Crippen LogP contribution >= 0.6 is 11.6 Å². The summed E-state index contributed by atoms with van der Waals surface area (Å²) in [6.45, 7) is 6.66. The maximum atomic E-state index is 11.5. The highest BCUT2D eigenvalue weighted by Crippen LogP contribution is 2.20. The number of hydrogen-bond donors (Lipinski definition) is 1. The Kier molecular flexibility index (Phi) is 3.74. The van der Waals surface area contributed by atoms with Crippen LogP contribution in [0, 0.1) is 12.8 Å². The number of rotatable bonds is 3. The summed E-state index contributed by atoms with van der Waals surface area (Å²) in [5.74, 6) is 0.256. The van der Waals surface area contributed by atoms with Crippen LogP contribution in [-0.4, -0.2) is 22.7 Å². The van der Waals surface area contributed by atoms with Gasteiger partial charge in [-0.15, -0.1) is 0 Å². The number of aromatic nitrogens is 2. The van der Waals surface area contributed by atoms with E-state index in [2.05, 4.69) is 24.3 Å². The highest BCUT2D eigenvalue weighted by atomic mass is 35.5. The van der Waals surface area contributed by atoms with Gasteiger partial charge in [-0.2, -0.15) is 5.10 Å². The molecule has 0 aliphatic carbocycles. The number of carbonyl (C=O) groups is 1. The third-order valence-electron chi connectivity index (χ3n) is 2.06. The Bertz CT molecular complexity index is 371. The summed E-state index contributed by atoms with van der Waals surface area (Å²) in [6.07, 6.45) is 0. The van der Waals surface area contributed by atoms with E-state index in [-0.39, 0.29) is 5.91 Å². The zero-order chi connectivity index (χ0) is 11.6. The van der Waals surface area contributed by atoms with Crippen molar-refractivity contribution in [3.63, 3.8) is 0 Å². The van der Waals surface area contributed by atoms with Crippen molar-refractivity contribution in [2.24, 2.45) is 5.92 Å². The molecule has 0 unspecified atom stereocenters. The molecule has 4 nitrogen and oxygen atoms in total. The van der Waals surface area contributed by atoms with E-state index in [4.69, 9.17) is 11.6 Å². The van der Waals surface area contributed by atoms with Crippen molar-refractivity contribution in [2.75, 3.05) is 7.05 Å². The van der Waals surface area contributed by atoms with E-state index >= 15 is 0 Å². The van der Waals surface area contributed by atoms with Gasteiger partial charge in [-0.25, -0.2) is 0 Å². The minimum absolute atomic E-state index is 0.187. The quantitative estimate of drug-likeness (QED) is 0.860. The number of aryl methyl sites for hydroxylation is 1. The van der Waals surface area contributed by atoms with E-state index in [1.807, 2.05) is 0 Å². The molecule has 15 heavy (non-hydrogen) atoms. The molecule has 0 atom stereocenters. The number of nitrogens with one attached hydrogen (secondary N) is 1. The fourth-order valence-electron chi connectivity index (χ4n) is 1.40. The lowest BCUT2D eigenvalue weighted by atomic mass is 10.2. The van der Waals surface area contributed by atoms with Crippen LogP contribution in [0.3, 0.4) is 0 Å². The molecule has 0 saturated carbocycles. The van der Waals surface area contributed by atoms with Crippen molar-refractivity contribution in [2.45, 2.75) is 27.3 Å². The van der Waals surface area contributed by atoms with Crippen LogP contribution in [0.2, 0.25) is 5.15 Å². The monoisotopic (exact) mass is 229 g/mol. The Hall–Kier alpha value is -1.03. The Morgan fingerprint density at radius 2 is 2.20 bits per heavy atom. The predicted molar refractivity (Wildman–Crippen MR) is 60.2 cm³/mol. The van der Waals surface area contributed by atoms with Crippen molar-refractivity contribution >= 4 is 17.5 Å². The highest BCUT2D eigenvalue weighted by Gasteiger charge is 2.19. The van der Waals surface area contributed by atoms with Crippen LogP contribution < -0.4 is 5.32 Å². The van der Waals surface area contributed by atoms with Gasteiger partial charge in [0.15, 0.2) is 0 Å². The standard InChI is InChI=1S/C10H16ClN3O/c1-6(2)5-14-9(11)8(7(3)13-14)10(15)12-4/h6H,5H2,1-4H3,(H,12,15). The topological polar surface area (TPSA) is 46.9 Å². The third-order valence-corrected chi connectivity index (χ3v) is 2.44. The van der Waals surface area contributed by atoms with Crippen LogP contribution in [0.4, 0.5) is 0 Å². The average molecular weight is 230 g/mol. The highest BCUT2D eigenvalue weighted by molar-refractivity contribution is 6.33. The molecular weight excluding hydrogens is 214 g/mol. The van der Waals surface area contributed by atoms with Gasteiger partial charge < -0.3 is 5.32 Å². The maximum Gasteiger partial charge on any atom is 0.256 e. The van der Waals surface area contributed by atoms with Gasteiger partial charge in [-0.1, -0.05) is 25.4 Å². The predicted octanol–water partition coefficient (Wildman–Crippen LogP) is 1.86. The summed E-state index contributed by atoms with van der Waals surface area (Å²) in [7, 11) is 1.58. The molecule has 1 aromatic heterocycles. The van der Waals surface area contributed by atoms with E-state index < -0.39 is 0 Å². The summed E-state index contributed by atoms with van der Waals surface area (Å²) >= 11 is 6.09. The summed E-state index contributed by atoms with van der Waals surface area (Å²) in [4.78, 5) is 11.5. The van der Waals surface area contributed by atoms with Crippen LogP contribution in [0.25, 0.3) is 0 Å². The van der Waals surface area contributed by atoms with Gasteiger partial charge in [0.05, 0.1) is 11.3 Å². The second kappa shape index (κ2) is 4.66. The average Bonchev–Trinajstić information content (AvgIpc) is 2.40. The van der Waals surface area contributed by atoms with Crippen LogP contribution in [0.5, 0.6) is 0 Å². The molecule has 1 rings (SSSR count). The number of amides is 1.